The second-order valence-corrected chi connectivity index (χ2v) is 12.8. The number of amides is 1. The standard InChI is InChI=1S/C27H31ClFIN5O3/c1-34-8-9-38-26-15-35(14-24(26)34)7-3-4-27(36)33-22-11-18-21(12-25(22)37-2)31-16-32-23(18)13-30-17-5-6-20(29)19(28)10-17/h5-6,10-12,16,24,26H,3-4,7-9,13-15H2,1-2H3,(H,33,36)/q-1. The van der Waals surface area contributed by atoms with Crippen LogP contribution in [0.4, 0.5) is 10.1 Å². The predicted molar refractivity (Wildman–Crippen MR) is 140 cm³/mol. The first kappa shape index (κ1) is 27.4. The summed E-state index contributed by atoms with van der Waals surface area (Å²) in [4.78, 5) is 26.5. The maximum atomic E-state index is 13.5. The number of alkyl halides is 1. The number of nitrogens with one attached hydrogen (secondary N) is 1. The molecule has 2 fully saturated rings. The number of carbonyl (C=O) groups is 1. The summed E-state index contributed by atoms with van der Waals surface area (Å²) in [6.07, 6.45) is 2.99. The van der Waals surface area contributed by atoms with E-state index in [1.54, 1.807) is 19.2 Å². The maximum absolute atomic E-state index is 13.5. The Morgan fingerprint density at radius 1 is 1.29 bits per heavy atom. The number of halogens is 3. The van der Waals surface area contributed by atoms with Gasteiger partial charge in [-0.1, -0.05) is 0 Å². The molecule has 2 unspecified atom stereocenters. The van der Waals surface area contributed by atoms with E-state index in [4.69, 9.17) is 21.1 Å². The Kier molecular flexibility index (Phi) is 8.94. The third kappa shape index (κ3) is 6.36. The van der Waals surface area contributed by atoms with E-state index < -0.39 is 27.0 Å². The molecule has 3 aromatic rings. The first-order chi connectivity index (χ1) is 18.4. The van der Waals surface area contributed by atoms with E-state index in [1.165, 1.54) is 12.4 Å². The molecule has 11 heteroatoms. The minimum Gasteiger partial charge on any atom is -0.374 e. The van der Waals surface area contributed by atoms with Crippen LogP contribution in [0.15, 0.2) is 36.7 Å². The summed E-state index contributed by atoms with van der Waals surface area (Å²) in [6, 6.07) is 9.01. The zero-order valence-corrected chi connectivity index (χ0v) is 24.3. The third-order valence-electron chi connectivity index (χ3n) is 7.08. The topological polar surface area (TPSA) is 79.8 Å². The predicted octanol–water partition coefficient (Wildman–Crippen LogP) is 0.623. The third-order valence-corrected chi connectivity index (χ3v) is 10.0. The van der Waals surface area contributed by atoms with Crippen LogP contribution in [0.1, 0.15) is 18.5 Å². The number of carbonyl (C=O) groups excluding carboxylic acids is 1. The summed E-state index contributed by atoms with van der Waals surface area (Å²) in [5, 5.41) is 4.02. The summed E-state index contributed by atoms with van der Waals surface area (Å²) >= 11 is 5.46. The Balaban J connectivity index is 1.22. The van der Waals surface area contributed by atoms with Gasteiger partial charge in [0.15, 0.2) is 0 Å². The fourth-order valence-corrected chi connectivity index (χ4v) is 7.74. The van der Waals surface area contributed by atoms with Crippen molar-refractivity contribution < 1.29 is 39.9 Å². The van der Waals surface area contributed by atoms with Crippen LogP contribution in [0, 0.1) is 9.39 Å². The molecule has 2 atom stereocenters. The molecule has 8 nitrogen and oxygen atoms in total. The van der Waals surface area contributed by atoms with Crippen LogP contribution in [0.3, 0.4) is 0 Å². The van der Waals surface area contributed by atoms with Crippen LogP contribution in [0.25, 0.3) is 10.9 Å². The summed E-state index contributed by atoms with van der Waals surface area (Å²) < 4.78 is 26.8. The second kappa shape index (κ2) is 12.4. The van der Waals surface area contributed by atoms with Gasteiger partial charge in [-0.25, -0.2) is 0 Å². The number of nitrogens with zero attached hydrogens (tertiary/aromatic N) is 4. The number of anilines is 1. The van der Waals surface area contributed by atoms with Gasteiger partial charge in [0.1, 0.15) is 0 Å². The molecule has 38 heavy (non-hydrogen) atoms. The van der Waals surface area contributed by atoms with E-state index in [-0.39, 0.29) is 17.0 Å². The van der Waals surface area contributed by atoms with Gasteiger partial charge in [-0.2, -0.15) is 0 Å². The molecule has 2 aliphatic heterocycles. The summed E-state index contributed by atoms with van der Waals surface area (Å²) in [5.74, 6) is 0.0816. The fraction of sp³-hybridized carbons (Fsp3) is 0.444. The van der Waals surface area contributed by atoms with Gasteiger partial charge in [0, 0.05) is 12.6 Å². The minimum atomic E-state index is -0.494. The van der Waals surface area contributed by atoms with Gasteiger partial charge in [-0.15, -0.1) is 0 Å². The molecule has 0 spiro atoms. The van der Waals surface area contributed by atoms with Crippen molar-refractivity contribution in [2.24, 2.45) is 0 Å². The molecule has 3 heterocycles. The molecule has 1 aromatic heterocycles. The van der Waals surface area contributed by atoms with Crippen LogP contribution in [0.5, 0.6) is 5.75 Å². The van der Waals surface area contributed by atoms with Crippen LogP contribution in [-0.2, 0) is 14.0 Å². The number of likely N-dealkylation sites (N-methyl/N-ethyl adjacent to an activating group) is 1. The number of hydrogen-bond donors (Lipinski definition) is 1. The molecule has 2 aliphatic rings. The van der Waals surface area contributed by atoms with Gasteiger partial charge in [0.05, 0.1) is 12.7 Å². The van der Waals surface area contributed by atoms with Crippen molar-refractivity contribution >= 4 is 34.1 Å². The van der Waals surface area contributed by atoms with Crippen LogP contribution in [-0.4, -0.2) is 84.8 Å². The number of rotatable bonds is 9. The molecule has 2 aromatic carbocycles. The Hall–Kier alpha value is -2.12. The molecule has 2 saturated heterocycles. The van der Waals surface area contributed by atoms with Gasteiger partial charge in [-0.05, 0) is 7.05 Å². The van der Waals surface area contributed by atoms with Crippen molar-refractivity contribution in [3.8, 4) is 5.75 Å². The van der Waals surface area contributed by atoms with Gasteiger partial charge < -0.3 is 4.74 Å². The molecule has 5 rings (SSSR count). The van der Waals surface area contributed by atoms with E-state index in [2.05, 4.69) is 32.1 Å². The summed E-state index contributed by atoms with van der Waals surface area (Å²) in [7, 11) is 3.74. The number of benzene rings is 2. The average molecular weight is 655 g/mol. The Morgan fingerprint density at radius 3 is 2.95 bits per heavy atom. The molecule has 0 bridgehead atoms. The van der Waals surface area contributed by atoms with E-state index in [9.17, 15) is 9.18 Å². The Morgan fingerprint density at radius 2 is 2.16 bits per heavy atom. The van der Waals surface area contributed by atoms with E-state index in [0.29, 0.717) is 23.9 Å². The number of morpholine rings is 1. The number of aromatic nitrogens is 2. The van der Waals surface area contributed by atoms with E-state index in [1.807, 2.05) is 12.1 Å². The molecule has 204 valence electrons. The fourth-order valence-electron chi connectivity index (χ4n) is 5.00. The Labute approximate surface area is 237 Å². The van der Waals surface area contributed by atoms with E-state index >= 15 is 0 Å². The zero-order valence-electron chi connectivity index (χ0n) is 21.4. The van der Waals surface area contributed by atoms with Crippen molar-refractivity contribution in [1.29, 1.82) is 0 Å². The molecule has 0 radical (unpaired) electrons. The second-order valence-electron chi connectivity index (χ2n) is 9.58. The van der Waals surface area contributed by atoms with Gasteiger partial charge in [0.2, 0.25) is 0 Å². The first-order valence-corrected chi connectivity index (χ1v) is 15.6. The Bertz CT molecular complexity index is 1320. The quantitative estimate of drug-likeness (QED) is 0.206. The van der Waals surface area contributed by atoms with Crippen molar-refractivity contribution in [2.45, 2.75) is 29.4 Å². The van der Waals surface area contributed by atoms with Gasteiger partial charge in [0.25, 0.3) is 0 Å². The van der Waals surface area contributed by atoms with Crippen LogP contribution in [0.2, 0.25) is 5.02 Å². The van der Waals surface area contributed by atoms with Gasteiger partial charge >= 0.3 is 196 Å². The van der Waals surface area contributed by atoms with E-state index in [0.717, 1.165) is 63.8 Å². The van der Waals surface area contributed by atoms with Crippen molar-refractivity contribution in [1.82, 2.24) is 19.8 Å². The SMILES string of the molecule is COc1cc2ncnc(C[I-]c3ccc(F)c(Cl)c3)c2cc1NC(=O)CCCN1CC2OCCN(C)C2C1. The molecule has 1 amide bonds. The van der Waals surface area contributed by atoms with Crippen LogP contribution < -0.4 is 31.3 Å². The minimum absolute atomic E-state index is 0.0561. The summed E-state index contributed by atoms with van der Waals surface area (Å²) in [5.41, 5.74) is 2.23. The molecular weight excluding hydrogens is 624 g/mol. The molecule has 1 N–H and O–H groups in total. The molecular formula is C27H31ClFIN5O3-. The molecule has 0 aliphatic carbocycles. The van der Waals surface area contributed by atoms with Gasteiger partial charge in [-0.3, -0.25) is 4.90 Å². The van der Waals surface area contributed by atoms with Crippen LogP contribution >= 0.6 is 11.6 Å². The van der Waals surface area contributed by atoms with Crippen molar-refractivity contribution in [2.75, 3.05) is 52.3 Å². The normalized spacial score (nSPS) is 20.1. The van der Waals surface area contributed by atoms with Crippen molar-refractivity contribution in [3.63, 3.8) is 0 Å². The van der Waals surface area contributed by atoms with Crippen molar-refractivity contribution in [3.05, 3.63) is 56.8 Å². The number of hydrogen-bond acceptors (Lipinski definition) is 7. The zero-order chi connectivity index (χ0) is 26.6. The number of fused-ring (bicyclic) bond motifs is 2. The number of likely N-dealkylation sites (tertiary alicyclic amines) is 1. The number of methoxy groups -OCH3 is 1. The first-order valence-electron chi connectivity index (χ1n) is 12.6. The smallest absolute Gasteiger partial charge is 0.374 e. The number of ether oxygens (including phenoxy) is 2. The average Bonchev–Trinajstić information content (AvgIpc) is 3.33. The summed E-state index contributed by atoms with van der Waals surface area (Å²) in [6.45, 7) is 4.53. The monoisotopic (exact) mass is 654 g/mol. The molecule has 0 saturated carbocycles.